The van der Waals surface area contributed by atoms with Crippen LogP contribution in [0.15, 0.2) is 12.1 Å². The Morgan fingerprint density at radius 1 is 1.39 bits per heavy atom. The van der Waals surface area contributed by atoms with E-state index in [1.165, 1.54) is 0 Å². The Balaban J connectivity index is 3.14. The third kappa shape index (κ3) is 3.17. The van der Waals surface area contributed by atoms with Gasteiger partial charge in [0.2, 0.25) is 0 Å². The van der Waals surface area contributed by atoms with Gasteiger partial charge in [-0.15, -0.1) is 0 Å². The highest BCUT2D eigenvalue weighted by Crippen LogP contribution is 2.17. The lowest BCUT2D eigenvalue weighted by atomic mass is 9.96. The summed E-state index contributed by atoms with van der Waals surface area (Å²) in [6.07, 6.45) is 1.46. The molecule has 4 nitrogen and oxygen atoms in total. The van der Waals surface area contributed by atoms with Crippen molar-refractivity contribution in [1.29, 1.82) is 5.26 Å². The van der Waals surface area contributed by atoms with Crippen molar-refractivity contribution in [2.45, 2.75) is 26.7 Å². The van der Waals surface area contributed by atoms with Crippen LogP contribution < -0.4 is 0 Å². The number of aldehydes is 1. The molecule has 0 amide bonds. The van der Waals surface area contributed by atoms with E-state index in [0.29, 0.717) is 30.4 Å². The maximum absolute atomic E-state index is 11.5. The molecule has 0 unspecified atom stereocenters. The van der Waals surface area contributed by atoms with Gasteiger partial charge in [-0.05, 0) is 36.6 Å². The number of esters is 1. The highest BCUT2D eigenvalue weighted by atomic mass is 16.5. The summed E-state index contributed by atoms with van der Waals surface area (Å²) < 4.78 is 4.88. The molecule has 0 fully saturated rings. The summed E-state index contributed by atoms with van der Waals surface area (Å²) >= 11 is 0. The van der Waals surface area contributed by atoms with Crippen molar-refractivity contribution in [2.24, 2.45) is 0 Å². The quantitative estimate of drug-likeness (QED) is 0.588. The maximum Gasteiger partial charge on any atom is 0.310 e. The molecule has 4 heteroatoms. The molecule has 0 spiro atoms. The van der Waals surface area contributed by atoms with Crippen LogP contribution in [-0.4, -0.2) is 18.9 Å². The van der Waals surface area contributed by atoms with Gasteiger partial charge >= 0.3 is 5.97 Å². The summed E-state index contributed by atoms with van der Waals surface area (Å²) in [5, 5.41) is 8.93. The molecule has 1 rings (SSSR count). The molecule has 0 saturated carbocycles. The summed E-state index contributed by atoms with van der Waals surface area (Å²) in [6, 6.07) is 5.24. The molecule has 0 aliphatic rings. The van der Waals surface area contributed by atoms with Crippen LogP contribution in [0.1, 0.15) is 40.9 Å². The Hall–Kier alpha value is -2.15. The molecule has 1 aromatic carbocycles. The van der Waals surface area contributed by atoms with Gasteiger partial charge in [0, 0.05) is 5.56 Å². The fraction of sp³-hybridized carbons (Fsp3) is 0.357. The van der Waals surface area contributed by atoms with Crippen LogP contribution >= 0.6 is 0 Å². The lowest BCUT2D eigenvalue weighted by Crippen LogP contribution is -2.10. The van der Waals surface area contributed by atoms with Crippen LogP contribution in [0, 0.1) is 11.3 Å². The minimum atomic E-state index is -0.325. The van der Waals surface area contributed by atoms with E-state index >= 15 is 0 Å². The average molecular weight is 245 g/mol. The third-order valence-electron chi connectivity index (χ3n) is 2.64. The second kappa shape index (κ2) is 6.55. The number of benzene rings is 1. The summed E-state index contributed by atoms with van der Waals surface area (Å²) in [4.78, 5) is 22.3. The zero-order valence-corrected chi connectivity index (χ0v) is 10.5. The molecule has 0 atom stereocenters. The van der Waals surface area contributed by atoms with Crippen LogP contribution in [0.25, 0.3) is 0 Å². The first-order chi connectivity index (χ1) is 8.65. The number of nitrogens with zero attached hydrogens (tertiary/aromatic N) is 1. The van der Waals surface area contributed by atoms with Crippen molar-refractivity contribution in [2.75, 3.05) is 6.61 Å². The van der Waals surface area contributed by atoms with Gasteiger partial charge in [0.25, 0.3) is 0 Å². The monoisotopic (exact) mass is 245 g/mol. The highest BCUT2D eigenvalue weighted by Gasteiger charge is 2.12. The van der Waals surface area contributed by atoms with Gasteiger partial charge in [0.05, 0.1) is 24.7 Å². The van der Waals surface area contributed by atoms with Gasteiger partial charge in [0.1, 0.15) is 0 Å². The van der Waals surface area contributed by atoms with E-state index in [1.54, 1.807) is 19.1 Å². The molecule has 0 radical (unpaired) electrons. The molecule has 18 heavy (non-hydrogen) atoms. The summed E-state index contributed by atoms with van der Waals surface area (Å²) in [6.45, 7) is 4.01. The third-order valence-corrected chi connectivity index (χ3v) is 2.64. The zero-order chi connectivity index (χ0) is 13.5. The van der Waals surface area contributed by atoms with Gasteiger partial charge in [-0.2, -0.15) is 5.26 Å². The minimum absolute atomic E-state index is 0.129. The fourth-order valence-corrected chi connectivity index (χ4v) is 1.76. The van der Waals surface area contributed by atoms with Crippen LogP contribution in [-0.2, 0) is 22.4 Å². The summed E-state index contributed by atoms with van der Waals surface area (Å²) in [7, 11) is 0. The first-order valence-corrected chi connectivity index (χ1v) is 5.82. The van der Waals surface area contributed by atoms with Crippen molar-refractivity contribution < 1.29 is 14.3 Å². The minimum Gasteiger partial charge on any atom is -0.466 e. The predicted molar refractivity (Wildman–Crippen MR) is 66.3 cm³/mol. The second-order valence-electron chi connectivity index (χ2n) is 3.77. The first-order valence-electron chi connectivity index (χ1n) is 5.82. The molecular weight excluding hydrogens is 230 g/mol. The standard InChI is InChI=1S/C14H15NO3/c1-3-10-5-12(8-15)13(9-16)6-11(10)7-14(17)18-4-2/h5-6,9H,3-4,7H2,1-2H3. The van der Waals surface area contributed by atoms with Gasteiger partial charge in [-0.1, -0.05) is 6.92 Å². The topological polar surface area (TPSA) is 67.2 Å². The second-order valence-corrected chi connectivity index (χ2v) is 3.77. The zero-order valence-electron chi connectivity index (χ0n) is 10.5. The van der Waals surface area contributed by atoms with Crippen molar-refractivity contribution in [3.63, 3.8) is 0 Å². The van der Waals surface area contributed by atoms with E-state index in [-0.39, 0.29) is 12.4 Å². The van der Waals surface area contributed by atoms with Gasteiger partial charge < -0.3 is 4.74 Å². The highest BCUT2D eigenvalue weighted by molar-refractivity contribution is 5.81. The van der Waals surface area contributed by atoms with Crippen LogP contribution in [0.5, 0.6) is 0 Å². The lowest BCUT2D eigenvalue weighted by Gasteiger charge is -2.09. The molecule has 0 aliphatic heterocycles. The molecule has 0 heterocycles. The van der Waals surface area contributed by atoms with E-state index in [4.69, 9.17) is 10.00 Å². The Morgan fingerprint density at radius 2 is 2.11 bits per heavy atom. The number of carbonyl (C=O) groups is 2. The largest absolute Gasteiger partial charge is 0.466 e. The SMILES string of the molecule is CCOC(=O)Cc1cc(C=O)c(C#N)cc1CC. The van der Waals surface area contributed by atoms with Crippen molar-refractivity contribution in [3.8, 4) is 6.07 Å². The average Bonchev–Trinajstić information content (AvgIpc) is 2.38. The van der Waals surface area contributed by atoms with Gasteiger partial charge in [-0.3, -0.25) is 9.59 Å². The molecule has 94 valence electrons. The maximum atomic E-state index is 11.5. The molecule has 1 aromatic rings. The van der Waals surface area contributed by atoms with E-state index in [9.17, 15) is 9.59 Å². The lowest BCUT2D eigenvalue weighted by molar-refractivity contribution is -0.142. The number of aryl methyl sites for hydroxylation is 1. The van der Waals surface area contributed by atoms with Crippen molar-refractivity contribution >= 4 is 12.3 Å². The smallest absolute Gasteiger partial charge is 0.310 e. The predicted octanol–water partition coefficient (Wildman–Crippen LogP) is 2.04. The van der Waals surface area contributed by atoms with E-state index in [2.05, 4.69) is 0 Å². The number of hydrogen-bond acceptors (Lipinski definition) is 4. The van der Waals surface area contributed by atoms with Crippen molar-refractivity contribution in [3.05, 3.63) is 34.4 Å². The van der Waals surface area contributed by atoms with Gasteiger partial charge in [0.15, 0.2) is 6.29 Å². The van der Waals surface area contributed by atoms with E-state index < -0.39 is 0 Å². The number of hydrogen-bond donors (Lipinski definition) is 0. The normalized spacial score (nSPS) is 9.61. The number of rotatable bonds is 5. The van der Waals surface area contributed by atoms with Gasteiger partial charge in [-0.25, -0.2) is 0 Å². The summed E-state index contributed by atoms with van der Waals surface area (Å²) in [5.41, 5.74) is 2.30. The molecule has 0 bridgehead atoms. The molecule has 0 saturated heterocycles. The van der Waals surface area contributed by atoms with Crippen LogP contribution in [0.3, 0.4) is 0 Å². The van der Waals surface area contributed by atoms with Crippen molar-refractivity contribution in [1.82, 2.24) is 0 Å². The fourth-order valence-electron chi connectivity index (χ4n) is 1.76. The number of carbonyl (C=O) groups excluding carboxylic acids is 2. The Kier molecular flexibility index (Phi) is 5.06. The van der Waals surface area contributed by atoms with E-state index in [0.717, 1.165) is 11.1 Å². The Labute approximate surface area is 106 Å². The number of ether oxygens (including phenoxy) is 1. The molecule has 0 aliphatic carbocycles. The molecule has 0 aromatic heterocycles. The van der Waals surface area contributed by atoms with Crippen LogP contribution in [0.4, 0.5) is 0 Å². The van der Waals surface area contributed by atoms with E-state index in [1.807, 2.05) is 13.0 Å². The molecular formula is C14H15NO3. The Bertz CT molecular complexity index is 500. The Morgan fingerprint density at radius 3 is 2.61 bits per heavy atom. The number of nitriles is 1. The first kappa shape index (κ1) is 13.9. The van der Waals surface area contributed by atoms with Crippen LogP contribution in [0.2, 0.25) is 0 Å². The summed E-state index contributed by atoms with van der Waals surface area (Å²) in [5.74, 6) is -0.325. The molecule has 0 N–H and O–H groups in total.